The van der Waals surface area contributed by atoms with E-state index in [2.05, 4.69) is 9.68 Å². The molecule has 4 aliphatic rings. The van der Waals surface area contributed by atoms with Gasteiger partial charge in [-0.05, 0) is 92.7 Å². The van der Waals surface area contributed by atoms with Crippen LogP contribution < -0.4 is 9.47 Å². The number of ketones is 2. The lowest BCUT2D eigenvalue weighted by molar-refractivity contribution is -0.492. The number of halogens is 1. The van der Waals surface area contributed by atoms with Crippen molar-refractivity contribution in [3.8, 4) is 11.5 Å². The minimum Gasteiger partial charge on any atom is -0.493 e. The van der Waals surface area contributed by atoms with Gasteiger partial charge in [-0.3, -0.25) is 44.9 Å². The number of benzene rings is 1. The molecular formula is C41H53ClN2O17. The van der Waals surface area contributed by atoms with Crippen LogP contribution in [0.5, 0.6) is 11.5 Å². The highest BCUT2D eigenvalue weighted by Gasteiger charge is 2.76. The van der Waals surface area contributed by atoms with E-state index in [1.807, 2.05) is 6.92 Å². The minimum atomic E-state index is -1.92. The lowest BCUT2D eigenvalue weighted by atomic mass is 9.45. The third-order valence-corrected chi connectivity index (χ3v) is 13.6. The first kappa shape index (κ1) is 47.8. The van der Waals surface area contributed by atoms with Crippen LogP contribution in [0.25, 0.3) is 6.08 Å². The van der Waals surface area contributed by atoms with Gasteiger partial charge < -0.3 is 28.8 Å². The molecule has 0 saturated heterocycles. The summed E-state index contributed by atoms with van der Waals surface area (Å²) in [5.74, 6) is -3.78. The van der Waals surface area contributed by atoms with Crippen molar-refractivity contribution in [2.24, 2.45) is 28.6 Å². The highest BCUT2D eigenvalue weighted by Crippen LogP contribution is 2.72. The van der Waals surface area contributed by atoms with Gasteiger partial charge in [-0.15, -0.1) is 11.6 Å². The Morgan fingerprint density at radius 2 is 1.64 bits per heavy atom. The van der Waals surface area contributed by atoms with Gasteiger partial charge in [0.2, 0.25) is 5.78 Å². The Hall–Kier alpha value is -4.28. The molecule has 1 aromatic rings. The Bertz CT molecular complexity index is 1900. The quantitative estimate of drug-likeness (QED) is 0.0231. The molecule has 8 atom stereocenters. The Kier molecular flexibility index (Phi) is 15.5. The van der Waals surface area contributed by atoms with Gasteiger partial charge in [0, 0.05) is 29.2 Å². The van der Waals surface area contributed by atoms with Crippen LogP contribution in [0.2, 0.25) is 0 Å². The molecular weight excluding hydrogens is 828 g/mol. The van der Waals surface area contributed by atoms with Crippen LogP contribution in [0.3, 0.4) is 0 Å². The van der Waals surface area contributed by atoms with E-state index in [4.69, 9.17) is 56.1 Å². The SMILES string of the molecule is COc1cc(/C=C/C(=O)OCCCCON(O)O)ccc1OC(=O)OCC(=O)[C@@]1(OC(=O)CCCON(O)O)[C@@H](C)CC2C3CCC4=CC(=O)C=C[C@]4(C)[C@@]3(Cl)[C@@H](O)C[C@@]21C. The van der Waals surface area contributed by atoms with E-state index in [1.165, 1.54) is 43.5 Å². The fraction of sp³-hybridized carbons (Fsp3) is 0.585. The number of Topliss-reactive ketones (excluding diaryl/α,β-unsaturated/α-hetero) is 1. The highest BCUT2D eigenvalue weighted by atomic mass is 35.5. The lowest BCUT2D eigenvalue weighted by Crippen LogP contribution is -2.69. The minimum absolute atomic E-state index is 0.00783. The molecule has 4 aliphatic carbocycles. The molecule has 3 fully saturated rings. The van der Waals surface area contributed by atoms with Crippen molar-refractivity contribution < 1.29 is 83.3 Å². The van der Waals surface area contributed by atoms with Crippen molar-refractivity contribution in [3.63, 3.8) is 0 Å². The van der Waals surface area contributed by atoms with Crippen molar-refractivity contribution in [1.29, 1.82) is 0 Å². The van der Waals surface area contributed by atoms with Gasteiger partial charge >= 0.3 is 18.1 Å². The molecule has 0 aromatic heterocycles. The Labute approximate surface area is 356 Å². The zero-order valence-corrected chi connectivity index (χ0v) is 35.1. The largest absolute Gasteiger partial charge is 0.514 e. The van der Waals surface area contributed by atoms with Gasteiger partial charge in [-0.1, -0.05) is 38.5 Å². The number of aliphatic hydroxyl groups is 1. The summed E-state index contributed by atoms with van der Waals surface area (Å²) in [6.45, 7) is 4.36. The Balaban J connectivity index is 1.31. The van der Waals surface area contributed by atoms with Crippen LogP contribution in [0.1, 0.15) is 77.7 Å². The molecule has 0 aliphatic heterocycles. The summed E-state index contributed by atoms with van der Waals surface area (Å²) >= 11 is 7.60. The predicted octanol–water partition coefficient (Wildman–Crippen LogP) is 5.09. The van der Waals surface area contributed by atoms with Gasteiger partial charge in [0.15, 0.2) is 29.5 Å². The summed E-state index contributed by atoms with van der Waals surface area (Å²) in [6, 6.07) is 4.37. The summed E-state index contributed by atoms with van der Waals surface area (Å²) in [6.07, 6.45) is 6.67. The zero-order chi connectivity index (χ0) is 44.8. The molecule has 3 saturated carbocycles. The summed E-state index contributed by atoms with van der Waals surface area (Å²) in [4.78, 5) is 73.6. The van der Waals surface area contributed by atoms with Gasteiger partial charge in [0.05, 0.1) is 48.7 Å². The number of ether oxygens (including phenoxy) is 5. The van der Waals surface area contributed by atoms with E-state index >= 15 is 0 Å². The average molecular weight is 881 g/mol. The number of esters is 2. The molecule has 61 heavy (non-hydrogen) atoms. The Morgan fingerprint density at radius 3 is 2.33 bits per heavy atom. The molecule has 0 amide bonds. The van der Waals surface area contributed by atoms with Crippen molar-refractivity contribution >= 4 is 47.3 Å². The third-order valence-electron chi connectivity index (χ3n) is 12.7. The van der Waals surface area contributed by atoms with Crippen molar-refractivity contribution in [2.45, 2.75) is 88.7 Å². The number of fused-ring (bicyclic) bond motifs is 5. The number of methoxy groups -OCH3 is 1. The normalized spacial score (nSPS) is 30.4. The second kappa shape index (κ2) is 19.8. The number of carbonyl (C=O) groups is 5. The number of aliphatic hydroxyl groups excluding tert-OH is 1. The predicted molar refractivity (Wildman–Crippen MR) is 208 cm³/mol. The van der Waals surface area contributed by atoms with Crippen LogP contribution in [0.15, 0.2) is 48.1 Å². The van der Waals surface area contributed by atoms with Crippen LogP contribution in [0, 0.1) is 28.6 Å². The second-order valence-electron chi connectivity index (χ2n) is 16.1. The Morgan fingerprint density at radius 1 is 0.951 bits per heavy atom. The van der Waals surface area contributed by atoms with E-state index in [0.717, 1.165) is 5.57 Å². The molecule has 1 aromatic carbocycles. The number of hydrogen-bond acceptors (Lipinski definition) is 19. The number of allylic oxidation sites excluding steroid dienone is 4. The average Bonchev–Trinajstić information content (AvgIpc) is 3.42. The smallest absolute Gasteiger partial charge is 0.493 e. The molecule has 0 heterocycles. The molecule has 0 radical (unpaired) electrons. The van der Waals surface area contributed by atoms with E-state index in [9.17, 15) is 29.1 Å². The number of carbonyl (C=O) groups excluding carboxylic acids is 5. The maximum Gasteiger partial charge on any atom is 0.514 e. The van der Waals surface area contributed by atoms with E-state index in [1.54, 1.807) is 26.0 Å². The fourth-order valence-electron chi connectivity index (χ4n) is 9.95. The maximum absolute atomic E-state index is 14.7. The van der Waals surface area contributed by atoms with Crippen molar-refractivity contribution in [1.82, 2.24) is 10.8 Å². The van der Waals surface area contributed by atoms with Crippen LogP contribution >= 0.6 is 11.6 Å². The standard InChI is InChI=1S/C41H53ClN2O17/c1-25-20-30-29-12-11-27-22-28(45)15-16-38(27,2)40(29,42)33(46)23-39(30,3)41(25,61-36(49)8-7-19-59-44(53)54)34(47)24-57-37(50)60-31-13-9-26(21-32(31)55-4)10-14-35(48)56-17-5-6-18-58-43(51)52/h9-10,13-16,21-22,25,29-30,33,46,51-54H,5-8,11-12,17-20,23-24H2,1-4H3/b14-10+/t25-,29?,30?,33-,38-,39-,40-,41-/m0/s1. The maximum atomic E-state index is 14.7. The number of alkyl halides is 1. The fourth-order valence-corrected chi connectivity index (χ4v) is 10.5. The van der Waals surface area contributed by atoms with E-state index in [0.29, 0.717) is 37.7 Å². The summed E-state index contributed by atoms with van der Waals surface area (Å²) in [5, 5.41) is 46.1. The van der Waals surface area contributed by atoms with Crippen LogP contribution in [-0.2, 0) is 43.1 Å². The second-order valence-corrected chi connectivity index (χ2v) is 16.7. The van der Waals surface area contributed by atoms with Crippen LogP contribution in [-0.4, -0.2) is 116 Å². The molecule has 0 spiro atoms. The number of nitrogens with zero attached hydrogens (tertiary/aromatic N) is 2. The third kappa shape index (κ3) is 9.86. The van der Waals surface area contributed by atoms with E-state index in [-0.39, 0.29) is 62.3 Å². The monoisotopic (exact) mass is 880 g/mol. The lowest BCUT2D eigenvalue weighted by Gasteiger charge is -2.64. The molecule has 2 unspecified atom stereocenters. The molecule has 0 bridgehead atoms. The molecule has 336 valence electrons. The zero-order valence-electron chi connectivity index (χ0n) is 34.3. The number of unbranched alkanes of at least 4 members (excludes halogenated alkanes) is 1. The first-order valence-corrected chi connectivity index (χ1v) is 20.3. The van der Waals surface area contributed by atoms with Gasteiger partial charge in [0.25, 0.3) is 0 Å². The molecule has 5 N–H and O–H groups in total. The first-order chi connectivity index (χ1) is 28.8. The van der Waals surface area contributed by atoms with Gasteiger partial charge in [-0.25, -0.2) is 9.59 Å². The first-order valence-electron chi connectivity index (χ1n) is 19.9. The summed E-state index contributed by atoms with van der Waals surface area (Å²) in [7, 11) is 1.32. The highest BCUT2D eigenvalue weighted by molar-refractivity contribution is 6.26. The summed E-state index contributed by atoms with van der Waals surface area (Å²) < 4.78 is 27.5. The molecule has 19 nitrogen and oxygen atoms in total. The molecule has 20 heteroatoms. The van der Waals surface area contributed by atoms with Gasteiger partial charge in [0.1, 0.15) is 0 Å². The van der Waals surface area contributed by atoms with Gasteiger partial charge in [-0.2, -0.15) is 0 Å². The molecule has 5 rings (SSSR count). The summed E-state index contributed by atoms with van der Waals surface area (Å²) in [5.41, 5.74) is -2.74. The van der Waals surface area contributed by atoms with Crippen molar-refractivity contribution in [3.05, 3.63) is 53.6 Å². The van der Waals surface area contributed by atoms with Crippen molar-refractivity contribution in [2.75, 3.05) is 33.5 Å². The topological polar surface area (TPSA) is 258 Å². The van der Waals surface area contributed by atoms with E-state index < -0.39 is 80.5 Å². The van der Waals surface area contributed by atoms with Crippen LogP contribution in [0.4, 0.5) is 4.79 Å². The number of hydrogen-bond donors (Lipinski definition) is 5. The number of rotatable bonds is 19.